The maximum atomic E-state index is 12.3. The van der Waals surface area contributed by atoms with Gasteiger partial charge in [0.15, 0.2) is 0 Å². The van der Waals surface area contributed by atoms with Crippen molar-refractivity contribution in [3.8, 4) is 5.75 Å². The van der Waals surface area contributed by atoms with Crippen LogP contribution in [-0.2, 0) is 11.4 Å². The molecule has 0 radical (unpaired) electrons. The van der Waals surface area contributed by atoms with Crippen LogP contribution in [0.3, 0.4) is 0 Å². The Morgan fingerprint density at radius 1 is 1.15 bits per heavy atom. The molecule has 0 atom stereocenters. The van der Waals surface area contributed by atoms with E-state index in [1.165, 1.54) is 12.8 Å². The summed E-state index contributed by atoms with van der Waals surface area (Å²) in [5.41, 5.74) is 0.532. The van der Waals surface area contributed by atoms with Crippen molar-refractivity contribution in [2.24, 2.45) is 0 Å². The summed E-state index contributed by atoms with van der Waals surface area (Å²) in [6.07, 6.45) is 4.81. The van der Waals surface area contributed by atoms with E-state index in [0.717, 1.165) is 17.7 Å². The van der Waals surface area contributed by atoms with E-state index in [4.69, 9.17) is 4.74 Å². The Morgan fingerprint density at radius 2 is 2.00 bits per heavy atom. The summed E-state index contributed by atoms with van der Waals surface area (Å²) in [4.78, 5) is 25.3. The standard InChI is InChI=1S/C20H24N2O3S/c23-19(22-16-6-1-2-7-16)10-11-21-20(24)15-5-3-8-17(13-15)25-14-18-9-4-12-26-18/h3-5,8-9,12-13,16H,1-2,6-7,10-11,14H2,(H,21,24)(H,22,23). The molecule has 0 saturated heterocycles. The smallest absolute Gasteiger partial charge is 0.251 e. The van der Waals surface area contributed by atoms with Crippen LogP contribution in [-0.4, -0.2) is 24.4 Å². The molecule has 1 aliphatic carbocycles. The van der Waals surface area contributed by atoms with Gasteiger partial charge in [0.1, 0.15) is 12.4 Å². The molecule has 3 rings (SSSR count). The second-order valence-electron chi connectivity index (χ2n) is 6.45. The van der Waals surface area contributed by atoms with Gasteiger partial charge in [-0.1, -0.05) is 25.0 Å². The zero-order valence-corrected chi connectivity index (χ0v) is 15.5. The first-order valence-electron chi connectivity index (χ1n) is 9.03. The fraction of sp³-hybridized carbons (Fsp3) is 0.400. The van der Waals surface area contributed by atoms with Gasteiger partial charge in [-0.25, -0.2) is 0 Å². The average Bonchev–Trinajstić information content (AvgIpc) is 3.34. The molecule has 2 amide bonds. The summed E-state index contributed by atoms with van der Waals surface area (Å²) in [5.74, 6) is 0.468. The number of hydrogen-bond donors (Lipinski definition) is 2. The third-order valence-electron chi connectivity index (χ3n) is 4.42. The number of rotatable bonds is 8. The normalized spacial score (nSPS) is 14.2. The molecule has 1 fully saturated rings. The average molecular weight is 372 g/mol. The van der Waals surface area contributed by atoms with E-state index in [2.05, 4.69) is 10.6 Å². The van der Waals surface area contributed by atoms with Crippen LogP contribution in [0.4, 0.5) is 0 Å². The molecule has 0 aliphatic heterocycles. The summed E-state index contributed by atoms with van der Waals surface area (Å²) >= 11 is 1.64. The van der Waals surface area contributed by atoms with E-state index in [0.29, 0.717) is 36.9 Å². The lowest BCUT2D eigenvalue weighted by Gasteiger charge is -2.12. The monoisotopic (exact) mass is 372 g/mol. The molecular formula is C20H24N2O3S. The molecule has 2 N–H and O–H groups in total. The predicted molar refractivity (Wildman–Crippen MR) is 102 cm³/mol. The van der Waals surface area contributed by atoms with Crippen LogP contribution in [0.25, 0.3) is 0 Å². The summed E-state index contributed by atoms with van der Waals surface area (Å²) in [6, 6.07) is 11.4. The maximum absolute atomic E-state index is 12.3. The second kappa shape index (κ2) is 9.38. The Bertz CT molecular complexity index is 724. The molecule has 0 unspecified atom stereocenters. The molecule has 6 heteroatoms. The Morgan fingerprint density at radius 3 is 2.77 bits per heavy atom. The van der Waals surface area contributed by atoms with Crippen molar-refractivity contribution in [2.75, 3.05) is 6.54 Å². The zero-order chi connectivity index (χ0) is 18.2. The summed E-state index contributed by atoms with van der Waals surface area (Å²) < 4.78 is 5.72. The second-order valence-corrected chi connectivity index (χ2v) is 7.48. The van der Waals surface area contributed by atoms with Crippen LogP contribution in [0.5, 0.6) is 5.75 Å². The fourth-order valence-electron chi connectivity index (χ4n) is 3.04. The van der Waals surface area contributed by atoms with Crippen LogP contribution >= 0.6 is 11.3 Å². The van der Waals surface area contributed by atoms with Gasteiger partial charge in [-0.05, 0) is 42.5 Å². The van der Waals surface area contributed by atoms with Gasteiger partial charge in [0.25, 0.3) is 5.91 Å². The van der Waals surface area contributed by atoms with E-state index in [-0.39, 0.29) is 11.8 Å². The van der Waals surface area contributed by atoms with Gasteiger partial charge in [-0.3, -0.25) is 9.59 Å². The molecule has 1 aromatic heterocycles. The van der Waals surface area contributed by atoms with Crippen molar-refractivity contribution >= 4 is 23.2 Å². The van der Waals surface area contributed by atoms with Gasteiger partial charge in [0, 0.05) is 29.4 Å². The van der Waals surface area contributed by atoms with Gasteiger partial charge < -0.3 is 15.4 Å². The van der Waals surface area contributed by atoms with Crippen molar-refractivity contribution in [3.63, 3.8) is 0 Å². The number of amides is 2. The lowest BCUT2D eigenvalue weighted by Crippen LogP contribution is -2.35. The number of carbonyl (C=O) groups excluding carboxylic acids is 2. The van der Waals surface area contributed by atoms with Crippen molar-refractivity contribution < 1.29 is 14.3 Å². The molecule has 1 aliphatic rings. The molecule has 0 bridgehead atoms. The third-order valence-corrected chi connectivity index (χ3v) is 5.27. The summed E-state index contributed by atoms with van der Waals surface area (Å²) in [6.45, 7) is 0.821. The third kappa shape index (κ3) is 5.59. The Hall–Kier alpha value is -2.34. The minimum absolute atomic E-state index is 0.00484. The van der Waals surface area contributed by atoms with Crippen molar-refractivity contribution in [1.29, 1.82) is 0 Å². The first kappa shape index (κ1) is 18.5. The van der Waals surface area contributed by atoms with E-state index in [1.807, 2.05) is 23.6 Å². The van der Waals surface area contributed by atoms with E-state index in [9.17, 15) is 9.59 Å². The minimum atomic E-state index is -0.194. The highest BCUT2D eigenvalue weighted by Crippen LogP contribution is 2.18. The van der Waals surface area contributed by atoms with Crippen LogP contribution in [0.2, 0.25) is 0 Å². The van der Waals surface area contributed by atoms with Crippen molar-refractivity contribution in [2.45, 2.75) is 44.8 Å². The lowest BCUT2D eigenvalue weighted by atomic mass is 10.2. The van der Waals surface area contributed by atoms with Crippen LogP contribution in [0.1, 0.15) is 47.3 Å². The summed E-state index contributed by atoms with van der Waals surface area (Å²) in [5, 5.41) is 7.83. The number of carbonyl (C=O) groups is 2. The lowest BCUT2D eigenvalue weighted by molar-refractivity contribution is -0.121. The van der Waals surface area contributed by atoms with E-state index in [1.54, 1.807) is 29.5 Å². The largest absolute Gasteiger partial charge is 0.488 e. The van der Waals surface area contributed by atoms with Crippen LogP contribution in [0, 0.1) is 0 Å². The highest BCUT2D eigenvalue weighted by atomic mass is 32.1. The quantitative estimate of drug-likeness (QED) is 0.745. The first-order chi connectivity index (χ1) is 12.7. The molecular weight excluding hydrogens is 348 g/mol. The number of hydrogen-bond acceptors (Lipinski definition) is 4. The first-order valence-corrected chi connectivity index (χ1v) is 9.91. The molecule has 1 saturated carbocycles. The Kier molecular flexibility index (Phi) is 6.66. The van der Waals surface area contributed by atoms with Crippen LogP contribution < -0.4 is 15.4 Å². The molecule has 5 nitrogen and oxygen atoms in total. The molecule has 138 valence electrons. The van der Waals surface area contributed by atoms with Gasteiger partial charge in [0.05, 0.1) is 0 Å². The van der Waals surface area contributed by atoms with E-state index >= 15 is 0 Å². The van der Waals surface area contributed by atoms with Crippen molar-refractivity contribution in [1.82, 2.24) is 10.6 Å². The number of thiophene rings is 1. The zero-order valence-electron chi connectivity index (χ0n) is 14.7. The number of nitrogens with one attached hydrogen (secondary N) is 2. The van der Waals surface area contributed by atoms with Gasteiger partial charge in [-0.2, -0.15) is 0 Å². The fourth-order valence-corrected chi connectivity index (χ4v) is 3.65. The van der Waals surface area contributed by atoms with Crippen LogP contribution in [0.15, 0.2) is 41.8 Å². The Balaban J connectivity index is 1.42. The number of ether oxygens (including phenoxy) is 1. The van der Waals surface area contributed by atoms with E-state index < -0.39 is 0 Å². The van der Waals surface area contributed by atoms with Gasteiger partial charge >= 0.3 is 0 Å². The highest BCUT2D eigenvalue weighted by Gasteiger charge is 2.17. The topological polar surface area (TPSA) is 67.4 Å². The maximum Gasteiger partial charge on any atom is 0.251 e. The molecule has 2 aromatic rings. The Labute approximate surface area is 157 Å². The molecule has 1 heterocycles. The predicted octanol–water partition coefficient (Wildman–Crippen LogP) is 3.51. The van der Waals surface area contributed by atoms with Crippen molar-refractivity contribution in [3.05, 3.63) is 52.2 Å². The minimum Gasteiger partial charge on any atom is -0.488 e. The molecule has 1 aromatic carbocycles. The van der Waals surface area contributed by atoms with Gasteiger partial charge in [-0.15, -0.1) is 11.3 Å². The SMILES string of the molecule is O=C(CCNC(=O)c1cccc(OCc2cccs2)c1)NC1CCCC1. The highest BCUT2D eigenvalue weighted by molar-refractivity contribution is 7.09. The number of benzene rings is 1. The molecule has 0 spiro atoms. The molecule has 26 heavy (non-hydrogen) atoms. The van der Waals surface area contributed by atoms with Gasteiger partial charge in [0.2, 0.25) is 5.91 Å². The summed E-state index contributed by atoms with van der Waals surface area (Å²) in [7, 11) is 0.